The van der Waals surface area contributed by atoms with E-state index in [0.29, 0.717) is 0 Å². The van der Waals surface area contributed by atoms with Gasteiger partial charge in [-0.3, -0.25) is 19.8 Å². The quantitative estimate of drug-likeness (QED) is 0.423. The topological polar surface area (TPSA) is 94.2 Å². The normalized spacial score (nSPS) is 33.4. The van der Waals surface area contributed by atoms with Crippen molar-refractivity contribution < 1.29 is 28.6 Å². The maximum atomic E-state index is 11.4. The summed E-state index contributed by atoms with van der Waals surface area (Å²) in [6.07, 6.45) is 1.28. The molecule has 1 saturated heterocycles. The number of hydrazine groups is 1. The fourth-order valence-electron chi connectivity index (χ4n) is 3.00. The van der Waals surface area contributed by atoms with E-state index in [1.165, 1.54) is 20.8 Å². The molecule has 0 radical (unpaired) electrons. The van der Waals surface area contributed by atoms with Crippen LogP contribution in [0.4, 0.5) is 0 Å². The van der Waals surface area contributed by atoms with Crippen molar-refractivity contribution in [3.63, 3.8) is 0 Å². The maximum Gasteiger partial charge on any atom is 0.303 e. The van der Waals surface area contributed by atoms with Gasteiger partial charge in [-0.25, -0.2) is 5.01 Å². The number of rotatable bonds is 4. The molecule has 2 rings (SSSR count). The van der Waals surface area contributed by atoms with Crippen LogP contribution in [-0.2, 0) is 28.6 Å². The van der Waals surface area contributed by atoms with Gasteiger partial charge in [0, 0.05) is 20.8 Å². The van der Waals surface area contributed by atoms with Gasteiger partial charge in [-0.05, 0) is 7.05 Å². The first kappa shape index (κ1) is 16.4. The molecule has 122 valence electrons. The number of fused-ring (bicyclic) bond motifs is 2. The van der Waals surface area contributed by atoms with Gasteiger partial charge in [-0.15, -0.1) is 0 Å². The Balaban J connectivity index is 2.37. The van der Waals surface area contributed by atoms with E-state index in [9.17, 15) is 14.4 Å². The predicted octanol–water partition coefficient (Wildman–Crippen LogP) is -0.461. The fourth-order valence-corrected chi connectivity index (χ4v) is 3.00. The van der Waals surface area contributed by atoms with Crippen LogP contribution in [0.15, 0.2) is 12.2 Å². The van der Waals surface area contributed by atoms with E-state index in [2.05, 4.69) is 5.43 Å². The van der Waals surface area contributed by atoms with Crippen LogP contribution in [0.25, 0.3) is 0 Å². The summed E-state index contributed by atoms with van der Waals surface area (Å²) < 4.78 is 16.0. The minimum atomic E-state index is -0.861. The Kier molecular flexibility index (Phi) is 4.82. The average Bonchev–Trinajstić information content (AvgIpc) is 2.76. The summed E-state index contributed by atoms with van der Waals surface area (Å²) >= 11 is 0. The van der Waals surface area contributed by atoms with E-state index in [1.807, 2.05) is 12.2 Å². The highest BCUT2D eigenvalue weighted by Crippen LogP contribution is 2.35. The summed E-state index contributed by atoms with van der Waals surface area (Å²) in [6.45, 7) is 3.82. The van der Waals surface area contributed by atoms with Crippen LogP contribution in [0.2, 0.25) is 0 Å². The van der Waals surface area contributed by atoms with E-state index >= 15 is 0 Å². The predicted molar refractivity (Wildman–Crippen MR) is 74.3 cm³/mol. The third-order valence-electron chi connectivity index (χ3n) is 3.63. The minimum absolute atomic E-state index is 0.310. The second-order valence-electron chi connectivity index (χ2n) is 5.22. The number of nitrogens with one attached hydrogen (secondary N) is 1. The first-order valence-corrected chi connectivity index (χ1v) is 7.01. The third-order valence-corrected chi connectivity index (χ3v) is 3.63. The Bertz CT molecular complexity index is 472. The van der Waals surface area contributed by atoms with Gasteiger partial charge in [0.1, 0.15) is 0 Å². The van der Waals surface area contributed by atoms with E-state index < -0.39 is 36.2 Å². The molecule has 8 nitrogen and oxygen atoms in total. The Hall–Kier alpha value is -1.93. The standard InChI is InChI=1S/C14H20N2O6/c1-7(17)20-12-10-5-6-11(16(10)15-4)13(21-8(2)18)14(12)22-9(3)19/h5-6,10-15H,1-4H3/t10-,11+,12+,13-,14?. The number of carbonyl (C=O) groups excluding carboxylic acids is 3. The highest BCUT2D eigenvalue weighted by molar-refractivity contribution is 5.68. The molecule has 2 aliphatic rings. The fraction of sp³-hybridized carbons (Fsp3) is 0.643. The summed E-state index contributed by atoms with van der Waals surface area (Å²) in [7, 11) is 1.72. The molecule has 22 heavy (non-hydrogen) atoms. The smallest absolute Gasteiger partial charge is 0.303 e. The van der Waals surface area contributed by atoms with Gasteiger partial charge < -0.3 is 14.2 Å². The molecule has 2 heterocycles. The Morgan fingerprint density at radius 1 is 0.818 bits per heavy atom. The lowest BCUT2D eigenvalue weighted by atomic mass is 9.93. The summed E-state index contributed by atoms with van der Waals surface area (Å²) in [5.41, 5.74) is 2.99. The van der Waals surface area contributed by atoms with Crippen LogP contribution in [0.1, 0.15) is 20.8 Å². The number of hydrogen-bond donors (Lipinski definition) is 1. The molecule has 0 spiro atoms. The number of hydrogen-bond acceptors (Lipinski definition) is 8. The molecule has 1 unspecified atom stereocenters. The highest BCUT2D eigenvalue weighted by atomic mass is 16.6. The molecular formula is C14H20N2O6. The zero-order chi connectivity index (χ0) is 16.4. The molecule has 0 aromatic carbocycles. The van der Waals surface area contributed by atoms with Gasteiger partial charge in [0.2, 0.25) is 0 Å². The van der Waals surface area contributed by atoms with E-state index in [4.69, 9.17) is 14.2 Å². The van der Waals surface area contributed by atoms with Crippen LogP contribution in [-0.4, -0.2) is 60.4 Å². The molecular weight excluding hydrogens is 292 g/mol. The Morgan fingerprint density at radius 3 is 1.50 bits per heavy atom. The number of carbonyl (C=O) groups is 3. The SMILES string of the molecule is CNN1[C@@H]2C=C[C@H]1[C@@H](OC(C)=O)C(OC(C)=O)[C@H]2OC(C)=O. The monoisotopic (exact) mass is 312 g/mol. The van der Waals surface area contributed by atoms with Crippen LogP contribution in [0.5, 0.6) is 0 Å². The van der Waals surface area contributed by atoms with Crippen molar-refractivity contribution in [3.05, 3.63) is 12.2 Å². The lowest BCUT2D eigenvalue weighted by Crippen LogP contribution is -2.67. The molecule has 2 bridgehead atoms. The molecule has 5 atom stereocenters. The van der Waals surface area contributed by atoms with Crippen LogP contribution >= 0.6 is 0 Å². The molecule has 0 aromatic rings. The molecule has 1 N–H and O–H groups in total. The molecule has 2 aliphatic heterocycles. The summed E-state index contributed by atoms with van der Waals surface area (Å²) in [5.74, 6) is -1.53. The van der Waals surface area contributed by atoms with Crippen molar-refractivity contribution in [2.24, 2.45) is 0 Å². The van der Waals surface area contributed by atoms with E-state index in [1.54, 1.807) is 12.1 Å². The molecule has 0 amide bonds. The Morgan fingerprint density at radius 2 is 1.18 bits per heavy atom. The third kappa shape index (κ3) is 3.12. The van der Waals surface area contributed by atoms with Crippen molar-refractivity contribution >= 4 is 17.9 Å². The van der Waals surface area contributed by atoms with Gasteiger partial charge >= 0.3 is 17.9 Å². The summed E-state index contributed by atoms with van der Waals surface area (Å²) in [6, 6.07) is -0.620. The lowest BCUT2D eigenvalue weighted by Gasteiger charge is -2.46. The second-order valence-corrected chi connectivity index (χ2v) is 5.22. The van der Waals surface area contributed by atoms with Crippen LogP contribution < -0.4 is 5.43 Å². The molecule has 0 saturated carbocycles. The largest absolute Gasteiger partial charge is 0.456 e. The summed E-state index contributed by atoms with van der Waals surface area (Å²) in [5, 5.41) is 1.81. The minimum Gasteiger partial charge on any atom is -0.456 e. The second kappa shape index (κ2) is 6.45. The van der Waals surface area contributed by atoms with E-state index in [0.717, 1.165) is 0 Å². The molecule has 0 aromatic heterocycles. The van der Waals surface area contributed by atoms with Gasteiger partial charge in [0.25, 0.3) is 0 Å². The molecule has 0 aliphatic carbocycles. The first-order valence-electron chi connectivity index (χ1n) is 7.01. The maximum absolute atomic E-state index is 11.4. The number of piperidine rings is 1. The first-order chi connectivity index (χ1) is 10.3. The van der Waals surface area contributed by atoms with Gasteiger partial charge in [0.05, 0.1) is 12.1 Å². The van der Waals surface area contributed by atoms with E-state index in [-0.39, 0.29) is 12.1 Å². The van der Waals surface area contributed by atoms with Gasteiger partial charge in [0.15, 0.2) is 18.3 Å². The highest BCUT2D eigenvalue weighted by Gasteiger charge is 2.55. The zero-order valence-corrected chi connectivity index (χ0v) is 12.9. The van der Waals surface area contributed by atoms with Crippen molar-refractivity contribution in [3.8, 4) is 0 Å². The van der Waals surface area contributed by atoms with Crippen molar-refractivity contribution in [2.45, 2.75) is 51.2 Å². The molecule has 8 heteroatoms. The average molecular weight is 312 g/mol. The number of nitrogens with zero attached hydrogens (tertiary/aromatic N) is 1. The number of esters is 3. The van der Waals surface area contributed by atoms with Gasteiger partial charge in [-0.2, -0.15) is 0 Å². The Labute approximate surface area is 128 Å². The number of ether oxygens (including phenoxy) is 3. The van der Waals surface area contributed by atoms with Crippen molar-refractivity contribution in [1.29, 1.82) is 0 Å². The molecule has 1 fully saturated rings. The zero-order valence-electron chi connectivity index (χ0n) is 12.9. The van der Waals surface area contributed by atoms with Crippen molar-refractivity contribution in [1.82, 2.24) is 10.4 Å². The van der Waals surface area contributed by atoms with Crippen LogP contribution in [0.3, 0.4) is 0 Å². The van der Waals surface area contributed by atoms with Gasteiger partial charge in [-0.1, -0.05) is 12.2 Å². The van der Waals surface area contributed by atoms with Crippen molar-refractivity contribution in [2.75, 3.05) is 7.05 Å². The lowest BCUT2D eigenvalue weighted by molar-refractivity contribution is -0.207. The summed E-state index contributed by atoms with van der Waals surface area (Å²) in [4.78, 5) is 34.2. The van der Waals surface area contributed by atoms with Crippen LogP contribution in [0, 0.1) is 0 Å².